The summed E-state index contributed by atoms with van der Waals surface area (Å²) in [4.78, 5) is 23.7. The SMILES string of the molecule is C=CC(=O)OCC1(CCC)C(=O)C(=C)CC1(C)C. The monoisotopic (exact) mass is 250 g/mol. The van der Waals surface area contributed by atoms with Gasteiger partial charge >= 0.3 is 5.97 Å². The average Bonchev–Trinajstić information content (AvgIpc) is 2.47. The van der Waals surface area contributed by atoms with Gasteiger partial charge in [0.15, 0.2) is 5.78 Å². The van der Waals surface area contributed by atoms with Gasteiger partial charge in [-0.3, -0.25) is 4.79 Å². The molecule has 0 aromatic rings. The first-order chi connectivity index (χ1) is 8.30. The van der Waals surface area contributed by atoms with E-state index in [9.17, 15) is 9.59 Å². The minimum Gasteiger partial charge on any atom is -0.461 e. The van der Waals surface area contributed by atoms with Gasteiger partial charge in [-0.1, -0.05) is 40.3 Å². The Morgan fingerprint density at radius 1 is 1.50 bits per heavy atom. The molecule has 0 N–H and O–H groups in total. The number of hydrogen-bond acceptors (Lipinski definition) is 3. The van der Waals surface area contributed by atoms with Gasteiger partial charge in [0.2, 0.25) is 0 Å². The highest BCUT2D eigenvalue weighted by molar-refractivity contribution is 6.03. The molecule has 100 valence electrons. The lowest BCUT2D eigenvalue weighted by molar-refractivity contribution is -0.148. The molecule has 0 heterocycles. The number of esters is 1. The molecule has 18 heavy (non-hydrogen) atoms. The summed E-state index contributed by atoms with van der Waals surface area (Å²) in [6, 6.07) is 0. The topological polar surface area (TPSA) is 43.4 Å². The van der Waals surface area contributed by atoms with Crippen molar-refractivity contribution in [3.05, 3.63) is 24.8 Å². The van der Waals surface area contributed by atoms with Crippen LogP contribution in [0.25, 0.3) is 0 Å². The summed E-state index contributed by atoms with van der Waals surface area (Å²) >= 11 is 0. The molecule has 0 saturated heterocycles. The van der Waals surface area contributed by atoms with E-state index in [1.54, 1.807) is 0 Å². The van der Waals surface area contributed by atoms with E-state index in [0.29, 0.717) is 18.4 Å². The number of ether oxygens (including phenoxy) is 1. The number of Topliss-reactive ketones (excluding diaryl/α,β-unsaturated/α-hetero) is 1. The molecule has 0 amide bonds. The van der Waals surface area contributed by atoms with Crippen molar-refractivity contribution in [2.75, 3.05) is 6.61 Å². The van der Waals surface area contributed by atoms with Gasteiger partial charge in [0.1, 0.15) is 6.61 Å². The number of carbonyl (C=O) groups excluding carboxylic acids is 2. The van der Waals surface area contributed by atoms with E-state index in [1.165, 1.54) is 0 Å². The van der Waals surface area contributed by atoms with Gasteiger partial charge < -0.3 is 4.74 Å². The summed E-state index contributed by atoms with van der Waals surface area (Å²) in [5.41, 5.74) is -0.209. The fourth-order valence-corrected chi connectivity index (χ4v) is 2.89. The normalized spacial score (nSPS) is 26.2. The van der Waals surface area contributed by atoms with Crippen molar-refractivity contribution in [3.8, 4) is 0 Å². The van der Waals surface area contributed by atoms with E-state index < -0.39 is 11.4 Å². The first-order valence-electron chi connectivity index (χ1n) is 6.32. The van der Waals surface area contributed by atoms with Crippen molar-refractivity contribution in [3.63, 3.8) is 0 Å². The second kappa shape index (κ2) is 5.09. The van der Waals surface area contributed by atoms with Crippen LogP contribution in [0, 0.1) is 10.8 Å². The molecule has 1 unspecified atom stereocenters. The summed E-state index contributed by atoms with van der Waals surface area (Å²) < 4.78 is 5.17. The second-order valence-electron chi connectivity index (χ2n) is 5.64. The minimum absolute atomic E-state index is 0.0474. The molecule has 0 radical (unpaired) electrons. The summed E-state index contributed by atoms with van der Waals surface area (Å²) in [6.07, 6.45) is 3.37. The largest absolute Gasteiger partial charge is 0.461 e. The van der Waals surface area contributed by atoms with Crippen molar-refractivity contribution in [1.82, 2.24) is 0 Å². The van der Waals surface area contributed by atoms with Crippen LogP contribution >= 0.6 is 0 Å². The van der Waals surface area contributed by atoms with Crippen molar-refractivity contribution < 1.29 is 14.3 Å². The van der Waals surface area contributed by atoms with Gasteiger partial charge in [-0.25, -0.2) is 4.79 Å². The molecule has 1 fully saturated rings. The van der Waals surface area contributed by atoms with Crippen LogP contribution in [-0.4, -0.2) is 18.4 Å². The van der Waals surface area contributed by atoms with E-state index in [1.807, 2.05) is 20.8 Å². The van der Waals surface area contributed by atoms with Crippen molar-refractivity contribution in [2.24, 2.45) is 10.8 Å². The van der Waals surface area contributed by atoms with Crippen LogP contribution in [0.5, 0.6) is 0 Å². The van der Waals surface area contributed by atoms with Gasteiger partial charge in [-0.15, -0.1) is 0 Å². The lowest BCUT2D eigenvalue weighted by atomic mass is 9.65. The Kier molecular flexibility index (Phi) is 4.15. The number of rotatable bonds is 5. The summed E-state index contributed by atoms with van der Waals surface area (Å²) in [7, 11) is 0. The van der Waals surface area contributed by atoms with Gasteiger partial charge in [-0.05, 0) is 23.8 Å². The molecule has 0 aromatic carbocycles. The molecule has 1 aliphatic carbocycles. The van der Waals surface area contributed by atoms with Gasteiger partial charge in [-0.2, -0.15) is 0 Å². The molecule has 3 nitrogen and oxygen atoms in total. The molecule has 0 spiro atoms. The quantitative estimate of drug-likeness (QED) is 0.556. The first kappa shape index (κ1) is 14.7. The Morgan fingerprint density at radius 2 is 2.11 bits per heavy atom. The fourth-order valence-electron chi connectivity index (χ4n) is 2.89. The van der Waals surface area contributed by atoms with Gasteiger partial charge in [0, 0.05) is 6.08 Å². The highest BCUT2D eigenvalue weighted by Gasteiger charge is 2.56. The highest BCUT2D eigenvalue weighted by atomic mass is 16.5. The highest BCUT2D eigenvalue weighted by Crippen LogP contribution is 2.54. The van der Waals surface area contributed by atoms with Crippen LogP contribution in [0.3, 0.4) is 0 Å². The lowest BCUT2D eigenvalue weighted by Crippen LogP contribution is -2.43. The predicted molar refractivity (Wildman–Crippen MR) is 71.0 cm³/mol. The lowest BCUT2D eigenvalue weighted by Gasteiger charge is -2.38. The molecule has 1 atom stereocenters. The van der Waals surface area contributed by atoms with E-state index in [2.05, 4.69) is 13.2 Å². The molecule has 0 aromatic heterocycles. The smallest absolute Gasteiger partial charge is 0.330 e. The van der Waals surface area contributed by atoms with Crippen molar-refractivity contribution in [1.29, 1.82) is 0 Å². The predicted octanol–water partition coefficient (Wildman–Crippen LogP) is 3.06. The third-order valence-corrected chi connectivity index (χ3v) is 4.01. The van der Waals surface area contributed by atoms with E-state index >= 15 is 0 Å². The molecular weight excluding hydrogens is 228 g/mol. The summed E-state index contributed by atoms with van der Waals surface area (Å²) in [5, 5.41) is 0. The average molecular weight is 250 g/mol. The zero-order valence-corrected chi connectivity index (χ0v) is 11.5. The Labute approximate surface area is 109 Å². The van der Waals surface area contributed by atoms with Crippen molar-refractivity contribution in [2.45, 2.75) is 40.0 Å². The maximum atomic E-state index is 12.4. The standard InChI is InChI=1S/C15H22O3/c1-6-8-15(10-18-12(16)7-2)13(17)11(3)9-14(15,4)5/h7H,2-3,6,8-10H2,1,4-5H3. The Bertz CT molecular complexity index is 393. The van der Waals surface area contributed by atoms with E-state index in [-0.39, 0.29) is 17.8 Å². The van der Waals surface area contributed by atoms with E-state index in [0.717, 1.165) is 12.5 Å². The Hall–Kier alpha value is -1.38. The van der Waals surface area contributed by atoms with Gasteiger partial charge in [0.05, 0.1) is 5.41 Å². The van der Waals surface area contributed by atoms with Crippen molar-refractivity contribution >= 4 is 11.8 Å². The number of carbonyl (C=O) groups is 2. The summed E-state index contributed by atoms with van der Waals surface area (Å²) in [6.45, 7) is 13.4. The molecule has 0 bridgehead atoms. The van der Waals surface area contributed by atoms with Crippen LogP contribution < -0.4 is 0 Å². The number of allylic oxidation sites excluding steroid dienone is 1. The zero-order chi connectivity index (χ0) is 14.0. The molecule has 3 heteroatoms. The first-order valence-corrected chi connectivity index (χ1v) is 6.32. The zero-order valence-electron chi connectivity index (χ0n) is 11.5. The molecule has 0 aliphatic heterocycles. The number of ketones is 1. The van der Waals surface area contributed by atoms with Gasteiger partial charge in [0.25, 0.3) is 0 Å². The third-order valence-electron chi connectivity index (χ3n) is 4.01. The van der Waals surface area contributed by atoms with Crippen LogP contribution in [0.15, 0.2) is 24.8 Å². The second-order valence-corrected chi connectivity index (χ2v) is 5.64. The minimum atomic E-state index is -0.627. The third kappa shape index (κ3) is 2.26. The molecule has 1 saturated carbocycles. The van der Waals surface area contributed by atoms with Crippen LogP contribution in [-0.2, 0) is 14.3 Å². The Balaban J connectivity index is 3.04. The fraction of sp³-hybridized carbons (Fsp3) is 0.600. The maximum Gasteiger partial charge on any atom is 0.330 e. The molecule has 1 rings (SSSR count). The van der Waals surface area contributed by atoms with Crippen LogP contribution in [0.2, 0.25) is 0 Å². The summed E-state index contributed by atoms with van der Waals surface area (Å²) in [5.74, 6) is -0.433. The Morgan fingerprint density at radius 3 is 2.50 bits per heavy atom. The van der Waals surface area contributed by atoms with Crippen LogP contribution in [0.4, 0.5) is 0 Å². The molecular formula is C15H22O3. The molecule has 1 aliphatic rings. The maximum absolute atomic E-state index is 12.4. The van der Waals surface area contributed by atoms with Crippen LogP contribution in [0.1, 0.15) is 40.0 Å². The number of hydrogen-bond donors (Lipinski definition) is 0. The van der Waals surface area contributed by atoms with E-state index in [4.69, 9.17) is 4.74 Å².